The molecule has 0 amide bonds. The zero-order chi connectivity index (χ0) is 13.0. The summed E-state index contributed by atoms with van der Waals surface area (Å²) in [5.74, 6) is 2.54. The second-order valence-electron chi connectivity index (χ2n) is 6.60. The quantitative estimate of drug-likeness (QED) is 0.867. The van der Waals surface area contributed by atoms with Gasteiger partial charge in [-0.1, -0.05) is 18.2 Å². The molecule has 2 aliphatic carbocycles. The van der Waals surface area contributed by atoms with E-state index >= 15 is 0 Å². The third kappa shape index (κ3) is 1.59. The average molecular weight is 254 g/mol. The molecule has 1 N–H and O–H groups in total. The highest BCUT2D eigenvalue weighted by Crippen LogP contribution is 2.55. The number of H-pyrrole nitrogens is 1. The monoisotopic (exact) mass is 254 g/mol. The van der Waals surface area contributed by atoms with Crippen molar-refractivity contribution in [1.82, 2.24) is 9.88 Å². The molecule has 2 aromatic rings. The molecule has 1 heterocycles. The van der Waals surface area contributed by atoms with Gasteiger partial charge in [0.15, 0.2) is 0 Å². The van der Waals surface area contributed by atoms with Gasteiger partial charge in [0.2, 0.25) is 0 Å². The predicted octanol–water partition coefficient (Wildman–Crippen LogP) is 3.61. The molecule has 1 aromatic heterocycles. The highest BCUT2D eigenvalue weighted by atomic mass is 15.1. The number of para-hydroxylation sites is 1. The van der Waals surface area contributed by atoms with Gasteiger partial charge >= 0.3 is 0 Å². The van der Waals surface area contributed by atoms with Crippen LogP contribution in [0.5, 0.6) is 0 Å². The molecule has 4 atom stereocenters. The van der Waals surface area contributed by atoms with Gasteiger partial charge in [0, 0.05) is 29.1 Å². The van der Waals surface area contributed by atoms with Crippen LogP contribution in [0, 0.1) is 11.8 Å². The Bertz CT molecular complexity index is 598. The second kappa shape index (κ2) is 4.11. The number of hydrogen-bond donors (Lipinski definition) is 1. The maximum absolute atomic E-state index is 3.47. The highest BCUT2D eigenvalue weighted by molar-refractivity contribution is 5.83. The van der Waals surface area contributed by atoms with Gasteiger partial charge in [-0.25, -0.2) is 0 Å². The summed E-state index contributed by atoms with van der Waals surface area (Å²) in [5.41, 5.74) is 2.85. The van der Waals surface area contributed by atoms with E-state index in [1.54, 1.807) is 5.56 Å². The zero-order valence-corrected chi connectivity index (χ0v) is 11.8. The number of aromatic nitrogens is 1. The van der Waals surface area contributed by atoms with Crippen LogP contribution >= 0.6 is 0 Å². The lowest BCUT2D eigenvalue weighted by molar-refractivity contribution is 0.186. The van der Waals surface area contributed by atoms with Crippen LogP contribution in [0.25, 0.3) is 10.9 Å². The molecule has 2 aliphatic rings. The molecule has 2 bridgehead atoms. The van der Waals surface area contributed by atoms with Crippen LogP contribution in [0.15, 0.2) is 30.5 Å². The fourth-order valence-corrected chi connectivity index (χ4v) is 4.81. The Morgan fingerprint density at radius 3 is 2.74 bits per heavy atom. The highest BCUT2D eigenvalue weighted by Gasteiger charge is 2.49. The third-order valence-corrected chi connectivity index (χ3v) is 5.45. The number of aromatic amines is 1. The van der Waals surface area contributed by atoms with E-state index in [1.807, 2.05) is 0 Å². The van der Waals surface area contributed by atoms with Crippen LogP contribution in [-0.4, -0.2) is 30.0 Å². The summed E-state index contributed by atoms with van der Waals surface area (Å²) >= 11 is 0. The first kappa shape index (κ1) is 11.5. The fraction of sp³-hybridized carbons (Fsp3) is 0.529. The lowest BCUT2D eigenvalue weighted by atomic mass is 9.79. The number of rotatable bonds is 2. The van der Waals surface area contributed by atoms with Gasteiger partial charge in [0.1, 0.15) is 0 Å². The molecular weight excluding hydrogens is 232 g/mol. The molecule has 0 unspecified atom stereocenters. The van der Waals surface area contributed by atoms with Crippen molar-refractivity contribution >= 4 is 10.9 Å². The van der Waals surface area contributed by atoms with Gasteiger partial charge in [0.25, 0.3) is 0 Å². The van der Waals surface area contributed by atoms with Crippen molar-refractivity contribution < 1.29 is 0 Å². The first-order chi connectivity index (χ1) is 9.25. The second-order valence-corrected chi connectivity index (χ2v) is 6.60. The maximum Gasteiger partial charge on any atom is 0.0456 e. The number of nitrogens with zero attached hydrogens (tertiary/aromatic N) is 1. The Morgan fingerprint density at radius 1 is 1.11 bits per heavy atom. The Labute approximate surface area is 114 Å². The van der Waals surface area contributed by atoms with E-state index < -0.39 is 0 Å². The van der Waals surface area contributed by atoms with Crippen LogP contribution in [0.4, 0.5) is 0 Å². The summed E-state index contributed by atoms with van der Waals surface area (Å²) in [6.07, 6.45) is 6.57. The molecule has 100 valence electrons. The van der Waals surface area contributed by atoms with Gasteiger partial charge in [-0.15, -0.1) is 0 Å². The molecule has 2 fully saturated rings. The number of nitrogens with one attached hydrogen (secondary N) is 1. The van der Waals surface area contributed by atoms with E-state index in [9.17, 15) is 0 Å². The smallest absolute Gasteiger partial charge is 0.0456 e. The predicted molar refractivity (Wildman–Crippen MR) is 79.3 cm³/mol. The topological polar surface area (TPSA) is 19.0 Å². The minimum atomic E-state index is 0.727. The van der Waals surface area contributed by atoms with Gasteiger partial charge in [-0.05, 0) is 56.8 Å². The summed E-state index contributed by atoms with van der Waals surface area (Å²) in [6, 6.07) is 9.49. The molecule has 0 spiro atoms. The number of benzene rings is 1. The SMILES string of the molecule is CN(C)[C@H]1[C@H]2CC[C@H](C2)[C@@H]1c1c[nH]c2ccccc12. The van der Waals surface area contributed by atoms with Crippen molar-refractivity contribution in [3.05, 3.63) is 36.0 Å². The van der Waals surface area contributed by atoms with Crippen molar-refractivity contribution in [1.29, 1.82) is 0 Å². The minimum Gasteiger partial charge on any atom is -0.361 e. The van der Waals surface area contributed by atoms with Crippen molar-refractivity contribution in [2.75, 3.05) is 14.1 Å². The van der Waals surface area contributed by atoms with Crippen molar-refractivity contribution in [2.45, 2.75) is 31.2 Å². The summed E-state index contributed by atoms with van der Waals surface area (Å²) in [6.45, 7) is 0. The van der Waals surface area contributed by atoms with Gasteiger partial charge in [0.05, 0.1) is 0 Å². The molecule has 4 rings (SSSR count). The normalized spacial score (nSPS) is 33.6. The van der Waals surface area contributed by atoms with Crippen LogP contribution in [0.2, 0.25) is 0 Å². The van der Waals surface area contributed by atoms with Crippen LogP contribution < -0.4 is 0 Å². The number of fused-ring (bicyclic) bond motifs is 3. The lowest BCUT2D eigenvalue weighted by Gasteiger charge is -2.35. The molecule has 2 heteroatoms. The molecular formula is C17H22N2. The van der Waals surface area contributed by atoms with Crippen molar-refractivity contribution in [2.24, 2.45) is 11.8 Å². The summed E-state index contributed by atoms with van der Waals surface area (Å²) in [5, 5.41) is 1.44. The van der Waals surface area contributed by atoms with Crippen LogP contribution in [-0.2, 0) is 0 Å². The standard InChI is InChI=1S/C17H22N2/c1-19(2)17-12-8-7-11(9-12)16(17)14-10-18-15-6-4-3-5-13(14)15/h3-6,10-12,16-18H,7-9H2,1-2H3/t11-,12+,16-,17+/m1/s1. The van der Waals surface area contributed by atoms with E-state index in [2.05, 4.69) is 54.4 Å². The molecule has 0 saturated heterocycles. The fourth-order valence-electron chi connectivity index (χ4n) is 4.81. The zero-order valence-electron chi connectivity index (χ0n) is 11.8. The van der Waals surface area contributed by atoms with Crippen molar-refractivity contribution in [3.8, 4) is 0 Å². The molecule has 19 heavy (non-hydrogen) atoms. The maximum atomic E-state index is 3.47. The molecule has 1 aromatic carbocycles. The summed E-state index contributed by atoms with van der Waals surface area (Å²) in [7, 11) is 4.51. The largest absolute Gasteiger partial charge is 0.361 e. The molecule has 0 radical (unpaired) electrons. The lowest BCUT2D eigenvalue weighted by Crippen LogP contribution is -2.38. The average Bonchev–Trinajstić information content (AvgIpc) is 3.11. The molecule has 0 aliphatic heterocycles. The first-order valence-electron chi connectivity index (χ1n) is 7.48. The Kier molecular flexibility index (Phi) is 2.49. The van der Waals surface area contributed by atoms with Crippen LogP contribution in [0.1, 0.15) is 30.7 Å². The van der Waals surface area contributed by atoms with E-state index in [0.717, 1.165) is 23.8 Å². The Balaban J connectivity index is 1.82. The number of likely N-dealkylation sites (N-methyl/N-ethyl adjacent to an activating group) is 1. The van der Waals surface area contributed by atoms with Crippen molar-refractivity contribution in [3.63, 3.8) is 0 Å². The van der Waals surface area contributed by atoms with Gasteiger partial charge in [-0.3, -0.25) is 0 Å². The summed E-state index contributed by atoms with van der Waals surface area (Å²) in [4.78, 5) is 5.93. The Morgan fingerprint density at radius 2 is 1.89 bits per heavy atom. The van der Waals surface area contributed by atoms with Gasteiger partial charge < -0.3 is 9.88 Å². The van der Waals surface area contributed by atoms with E-state index in [0.29, 0.717) is 0 Å². The first-order valence-corrected chi connectivity index (χ1v) is 7.48. The third-order valence-electron chi connectivity index (χ3n) is 5.45. The van der Waals surface area contributed by atoms with E-state index in [1.165, 1.54) is 30.2 Å². The van der Waals surface area contributed by atoms with E-state index in [-0.39, 0.29) is 0 Å². The minimum absolute atomic E-state index is 0.727. The van der Waals surface area contributed by atoms with E-state index in [4.69, 9.17) is 0 Å². The summed E-state index contributed by atoms with van der Waals surface area (Å²) < 4.78 is 0. The van der Waals surface area contributed by atoms with Crippen LogP contribution in [0.3, 0.4) is 0 Å². The number of hydrogen-bond acceptors (Lipinski definition) is 1. The Hall–Kier alpha value is -1.28. The van der Waals surface area contributed by atoms with Gasteiger partial charge in [-0.2, -0.15) is 0 Å². The molecule has 2 nitrogen and oxygen atoms in total. The molecule has 2 saturated carbocycles.